The van der Waals surface area contributed by atoms with Gasteiger partial charge in [0.2, 0.25) is 0 Å². The molecule has 0 amide bonds. The van der Waals surface area contributed by atoms with Gasteiger partial charge in [-0.05, 0) is 18.3 Å². The number of hydrogen-bond acceptors (Lipinski definition) is 5. The molecule has 0 saturated heterocycles. The summed E-state index contributed by atoms with van der Waals surface area (Å²) in [6, 6.07) is 0. The van der Waals surface area contributed by atoms with Crippen LogP contribution in [-0.2, 0) is 19.1 Å². The Morgan fingerprint density at radius 1 is 1.33 bits per heavy atom. The van der Waals surface area contributed by atoms with E-state index < -0.39 is 23.1 Å². The fourth-order valence-electron chi connectivity index (χ4n) is 2.84. The molecule has 0 aromatic heterocycles. The number of allylic oxidation sites excluding steroid dienone is 2. The Morgan fingerprint density at radius 2 is 1.90 bits per heavy atom. The first-order valence-electron chi connectivity index (χ1n) is 7.23. The zero-order chi connectivity index (χ0) is 16.4. The van der Waals surface area contributed by atoms with Crippen molar-refractivity contribution in [2.24, 2.45) is 11.3 Å². The van der Waals surface area contributed by atoms with Gasteiger partial charge in [0.25, 0.3) is 0 Å². The van der Waals surface area contributed by atoms with Gasteiger partial charge >= 0.3 is 5.97 Å². The van der Waals surface area contributed by atoms with E-state index >= 15 is 0 Å². The second kappa shape index (κ2) is 6.41. The number of rotatable bonds is 5. The van der Waals surface area contributed by atoms with Gasteiger partial charge in [0.05, 0.1) is 12.7 Å². The van der Waals surface area contributed by atoms with Gasteiger partial charge in [0.15, 0.2) is 11.6 Å². The number of carbonyl (C=O) groups is 3. The quantitative estimate of drug-likeness (QED) is 0.441. The fourth-order valence-corrected chi connectivity index (χ4v) is 2.84. The first-order valence-corrected chi connectivity index (χ1v) is 7.23. The molecule has 0 fully saturated rings. The SMILES string of the molecule is CCCC(=O)C1=C(N(C)C)CC(C)(C)[C@@H](C(=O)OC)C1=O. The maximum Gasteiger partial charge on any atom is 0.317 e. The molecule has 0 bridgehead atoms. The summed E-state index contributed by atoms with van der Waals surface area (Å²) in [5.41, 5.74) is 0.319. The molecule has 0 N–H and O–H groups in total. The molecule has 0 aliphatic heterocycles. The van der Waals surface area contributed by atoms with Crippen molar-refractivity contribution in [1.29, 1.82) is 0 Å². The first kappa shape index (κ1) is 17.4. The highest BCUT2D eigenvalue weighted by Crippen LogP contribution is 2.43. The van der Waals surface area contributed by atoms with Crippen LogP contribution < -0.4 is 0 Å². The highest BCUT2D eigenvalue weighted by atomic mass is 16.5. The average Bonchev–Trinajstić information content (AvgIpc) is 2.36. The Morgan fingerprint density at radius 3 is 2.33 bits per heavy atom. The Bertz CT molecular complexity index is 489. The summed E-state index contributed by atoms with van der Waals surface area (Å²) in [4.78, 5) is 38.9. The van der Waals surface area contributed by atoms with E-state index in [1.54, 1.807) is 4.90 Å². The molecule has 0 heterocycles. The summed E-state index contributed by atoms with van der Waals surface area (Å²) >= 11 is 0. The van der Waals surface area contributed by atoms with Gasteiger partial charge in [0.1, 0.15) is 5.92 Å². The van der Waals surface area contributed by atoms with Crippen molar-refractivity contribution in [2.75, 3.05) is 21.2 Å². The molecule has 21 heavy (non-hydrogen) atoms. The maximum absolute atomic E-state index is 12.8. The molecule has 118 valence electrons. The molecule has 0 spiro atoms. The van der Waals surface area contributed by atoms with Crippen molar-refractivity contribution in [3.63, 3.8) is 0 Å². The molecule has 0 unspecified atom stereocenters. The molecule has 5 heteroatoms. The lowest BCUT2D eigenvalue weighted by Gasteiger charge is -2.39. The van der Waals surface area contributed by atoms with Crippen LogP contribution in [0.5, 0.6) is 0 Å². The lowest BCUT2D eigenvalue weighted by Crippen LogP contribution is -2.46. The first-order chi connectivity index (χ1) is 9.67. The van der Waals surface area contributed by atoms with E-state index in [9.17, 15) is 14.4 Å². The fraction of sp³-hybridized carbons (Fsp3) is 0.688. The lowest BCUT2D eigenvalue weighted by molar-refractivity contribution is -0.154. The van der Waals surface area contributed by atoms with Crippen LogP contribution in [0.1, 0.15) is 40.0 Å². The molecular formula is C16H25NO4. The van der Waals surface area contributed by atoms with Crippen molar-refractivity contribution in [2.45, 2.75) is 40.0 Å². The highest BCUT2D eigenvalue weighted by Gasteiger charge is 2.49. The number of nitrogens with zero attached hydrogens (tertiary/aromatic N) is 1. The number of Topliss-reactive ketones (excluding diaryl/α,β-unsaturated/α-hetero) is 2. The van der Waals surface area contributed by atoms with Gasteiger partial charge in [0, 0.05) is 26.2 Å². The van der Waals surface area contributed by atoms with Crippen molar-refractivity contribution >= 4 is 17.5 Å². The zero-order valence-corrected chi connectivity index (χ0v) is 13.8. The van der Waals surface area contributed by atoms with Crippen LogP contribution in [0.25, 0.3) is 0 Å². The van der Waals surface area contributed by atoms with Crippen molar-refractivity contribution in [3.8, 4) is 0 Å². The van der Waals surface area contributed by atoms with Gasteiger partial charge in [-0.3, -0.25) is 14.4 Å². The van der Waals surface area contributed by atoms with E-state index in [1.165, 1.54) is 7.11 Å². The molecule has 0 saturated carbocycles. The molecule has 1 aliphatic carbocycles. The normalized spacial score (nSPS) is 21.2. The van der Waals surface area contributed by atoms with E-state index in [1.807, 2.05) is 34.9 Å². The molecule has 1 aliphatic rings. The summed E-state index contributed by atoms with van der Waals surface area (Å²) in [5, 5.41) is 0. The number of hydrogen-bond donors (Lipinski definition) is 0. The minimum atomic E-state index is -0.915. The Kier molecular flexibility index (Phi) is 5.31. The number of carbonyl (C=O) groups excluding carboxylic acids is 3. The predicted octanol–water partition coefficient (Wildman–Crippen LogP) is 1.96. The standard InChI is InChI=1S/C16H25NO4/c1-7-8-11(18)12-10(17(4)5)9-16(2,3)13(14(12)19)15(20)21-6/h13H,7-9H2,1-6H3/t13-/m1/s1. The molecule has 1 rings (SSSR count). The van der Waals surface area contributed by atoms with Crippen LogP contribution in [0.15, 0.2) is 11.3 Å². The molecule has 5 nitrogen and oxygen atoms in total. The van der Waals surface area contributed by atoms with E-state index in [0.717, 1.165) is 0 Å². The van der Waals surface area contributed by atoms with Gasteiger partial charge < -0.3 is 9.64 Å². The minimum Gasteiger partial charge on any atom is -0.468 e. The van der Waals surface area contributed by atoms with E-state index in [2.05, 4.69) is 0 Å². The molecular weight excluding hydrogens is 270 g/mol. The summed E-state index contributed by atoms with van der Waals surface area (Å²) in [6.07, 6.45) is 1.48. The summed E-state index contributed by atoms with van der Waals surface area (Å²) in [7, 11) is 4.90. The van der Waals surface area contributed by atoms with Crippen LogP contribution in [-0.4, -0.2) is 43.6 Å². The summed E-state index contributed by atoms with van der Waals surface area (Å²) in [6.45, 7) is 5.61. The third kappa shape index (κ3) is 3.34. The Balaban J connectivity index is 3.41. The second-order valence-corrected chi connectivity index (χ2v) is 6.38. The summed E-state index contributed by atoms with van der Waals surface area (Å²) < 4.78 is 4.77. The number of ketones is 2. The van der Waals surface area contributed by atoms with Crippen LogP contribution in [0.3, 0.4) is 0 Å². The highest BCUT2D eigenvalue weighted by molar-refractivity contribution is 6.25. The molecule has 0 aromatic carbocycles. The smallest absolute Gasteiger partial charge is 0.317 e. The van der Waals surface area contributed by atoms with Crippen molar-refractivity contribution < 1.29 is 19.1 Å². The largest absolute Gasteiger partial charge is 0.468 e. The molecule has 0 radical (unpaired) electrons. The number of methoxy groups -OCH3 is 1. The third-order valence-electron chi connectivity index (χ3n) is 3.93. The lowest BCUT2D eigenvalue weighted by atomic mass is 9.66. The Hall–Kier alpha value is -1.65. The maximum atomic E-state index is 12.8. The van der Waals surface area contributed by atoms with Gasteiger partial charge in [-0.2, -0.15) is 0 Å². The van der Waals surface area contributed by atoms with E-state index in [4.69, 9.17) is 4.74 Å². The van der Waals surface area contributed by atoms with E-state index in [0.29, 0.717) is 25.0 Å². The molecule has 1 atom stereocenters. The van der Waals surface area contributed by atoms with E-state index in [-0.39, 0.29) is 11.4 Å². The zero-order valence-electron chi connectivity index (χ0n) is 13.8. The van der Waals surface area contributed by atoms with Crippen molar-refractivity contribution in [3.05, 3.63) is 11.3 Å². The monoisotopic (exact) mass is 295 g/mol. The van der Waals surface area contributed by atoms with Crippen LogP contribution >= 0.6 is 0 Å². The van der Waals surface area contributed by atoms with Crippen LogP contribution in [0.4, 0.5) is 0 Å². The van der Waals surface area contributed by atoms with Crippen LogP contribution in [0, 0.1) is 11.3 Å². The van der Waals surface area contributed by atoms with Gasteiger partial charge in [-0.15, -0.1) is 0 Å². The molecule has 0 aromatic rings. The number of esters is 1. The van der Waals surface area contributed by atoms with Crippen molar-refractivity contribution in [1.82, 2.24) is 4.90 Å². The topological polar surface area (TPSA) is 63.7 Å². The summed E-state index contributed by atoms with van der Waals surface area (Å²) in [5.74, 6) is -2.07. The van der Waals surface area contributed by atoms with Gasteiger partial charge in [-0.1, -0.05) is 20.8 Å². The van der Waals surface area contributed by atoms with Gasteiger partial charge in [-0.25, -0.2) is 0 Å². The Labute approximate surface area is 126 Å². The second-order valence-electron chi connectivity index (χ2n) is 6.38. The third-order valence-corrected chi connectivity index (χ3v) is 3.93. The van der Waals surface area contributed by atoms with Crippen LogP contribution in [0.2, 0.25) is 0 Å². The minimum absolute atomic E-state index is 0.177. The predicted molar refractivity (Wildman–Crippen MR) is 79.5 cm³/mol. The average molecular weight is 295 g/mol. The number of ether oxygens (including phenoxy) is 1.